The Bertz CT molecular complexity index is 2460. The Labute approximate surface area is 665 Å². The first kappa shape index (κ1) is 105. The first-order valence-corrected chi connectivity index (χ1v) is 46.8. The van der Waals surface area contributed by atoms with Crippen LogP contribution in [0.4, 0.5) is 0 Å². The van der Waals surface area contributed by atoms with Crippen LogP contribution in [0.2, 0.25) is 0 Å². The standard InChI is InChI=1S/C91H160O16P2/c1-4-7-10-13-16-19-22-24-26-28-30-32-34-36-38-40-41-42-43-45-47-48-50-52-54-56-58-60-63-65-68-71-74-77-89(94)101-80-86(92)81-103-108(97,98)104-82-87(93)83-105-109(99,100)106-85-88(107-91(96)79-76-73-70-67-62-21-18-15-12-9-6-3)84-102-90(95)78-75-72-69-66-64-61-59-57-55-53-51-49-46-44-39-37-35-33-31-29-27-25-23-20-17-14-11-8-5-2/h8,11,16-17,19-20,24-27,30-33,36-39,46,49,86-88,92-93H,4-7,9-10,12-15,18,21-23,28-29,34-35,40-45,47-48,50-85H2,1-3H3,(H,97,98)(H,99,100)/b11-8-,19-16-,20-17-,26-24-,27-25-,32-30-,33-31-,38-36-,39-37-,49-46-. The van der Waals surface area contributed by atoms with Gasteiger partial charge in [-0.1, -0.05) is 367 Å². The summed E-state index contributed by atoms with van der Waals surface area (Å²) in [6.07, 6.45) is 101. The van der Waals surface area contributed by atoms with Gasteiger partial charge in [-0.3, -0.25) is 32.5 Å². The van der Waals surface area contributed by atoms with E-state index in [1.54, 1.807) is 0 Å². The molecule has 16 nitrogen and oxygen atoms in total. The Balaban J connectivity index is 4.36. The molecule has 0 spiro atoms. The predicted octanol–water partition coefficient (Wildman–Crippen LogP) is 26.4. The van der Waals surface area contributed by atoms with Crippen molar-refractivity contribution in [1.29, 1.82) is 0 Å². The quantitative estimate of drug-likeness (QED) is 0.0146. The summed E-state index contributed by atoms with van der Waals surface area (Å²) in [5, 5.41) is 20.7. The summed E-state index contributed by atoms with van der Waals surface area (Å²) >= 11 is 0. The minimum Gasteiger partial charge on any atom is -0.463 e. The Morgan fingerprint density at radius 1 is 0.266 bits per heavy atom. The molecule has 0 aromatic heterocycles. The van der Waals surface area contributed by atoms with Crippen molar-refractivity contribution >= 4 is 33.6 Å². The highest BCUT2D eigenvalue weighted by Crippen LogP contribution is 2.45. The van der Waals surface area contributed by atoms with E-state index in [2.05, 4.69) is 142 Å². The number of hydrogen-bond donors (Lipinski definition) is 4. The van der Waals surface area contributed by atoms with Crippen molar-refractivity contribution in [3.63, 3.8) is 0 Å². The molecule has 0 bridgehead atoms. The van der Waals surface area contributed by atoms with Crippen LogP contribution in [-0.4, -0.2) is 95.9 Å². The molecular formula is C91H160O16P2. The van der Waals surface area contributed by atoms with E-state index in [1.165, 1.54) is 186 Å². The van der Waals surface area contributed by atoms with Gasteiger partial charge in [-0.25, -0.2) is 9.13 Å². The molecule has 0 saturated carbocycles. The SMILES string of the molecule is CC/C=C\C/C=C\C/C=C\C/C=C\C/C=C\C/C=C\CCCCCCCCCCCCC(=O)OCC(COP(=O)(O)OCC(O)COP(=O)(O)OCC(O)COC(=O)CCCCCCCCCCCCCCCCCCC/C=C\C/C=C\C/C=C\C/C=C\CCCCC)OC(=O)CCCCCCCCCCCCC. The molecule has 0 radical (unpaired) electrons. The summed E-state index contributed by atoms with van der Waals surface area (Å²) in [6.45, 7) is 2.57. The number of allylic oxidation sites excluding steroid dienone is 20. The zero-order chi connectivity index (χ0) is 79.4. The molecule has 0 amide bonds. The van der Waals surface area contributed by atoms with E-state index in [1.807, 2.05) is 0 Å². The number of esters is 3. The molecule has 5 unspecified atom stereocenters. The molecule has 0 fully saturated rings. The Hall–Kier alpha value is -4.05. The highest BCUT2D eigenvalue weighted by molar-refractivity contribution is 7.47. The average Bonchev–Trinajstić information content (AvgIpc) is 0.900. The number of phosphoric ester groups is 2. The van der Waals surface area contributed by atoms with Crippen molar-refractivity contribution in [3.05, 3.63) is 122 Å². The third-order valence-electron chi connectivity index (χ3n) is 18.7. The fourth-order valence-electron chi connectivity index (χ4n) is 12.0. The van der Waals surface area contributed by atoms with Crippen LogP contribution >= 0.6 is 15.6 Å². The fourth-order valence-corrected chi connectivity index (χ4v) is 13.6. The Morgan fingerprint density at radius 2 is 0.486 bits per heavy atom. The van der Waals surface area contributed by atoms with Gasteiger partial charge in [0.15, 0.2) is 6.10 Å². The van der Waals surface area contributed by atoms with Crippen molar-refractivity contribution in [2.24, 2.45) is 0 Å². The number of aliphatic hydroxyl groups is 2. The maximum Gasteiger partial charge on any atom is 0.472 e. The van der Waals surface area contributed by atoms with E-state index < -0.39 is 91.5 Å². The van der Waals surface area contributed by atoms with Gasteiger partial charge in [0.2, 0.25) is 0 Å². The van der Waals surface area contributed by atoms with Crippen molar-refractivity contribution < 1.29 is 75.8 Å². The lowest BCUT2D eigenvalue weighted by molar-refractivity contribution is -0.161. The number of phosphoric acid groups is 2. The molecule has 0 aromatic rings. The predicted molar refractivity (Wildman–Crippen MR) is 454 cm³/mol. The van der Waals surface area contributed by atoms with Gasteiger partial charge in [-0.05, 0) is 116 Å². The van der Waals surface area contributed by atoms with Gasteiger partial charge in [0.1, 0.15) is 25.4 Å². The van der Waals surface area contributed by atoms with Crippen LogP contribution in [0.15, 0.2) is 122 Å². The molecule has 0 aliphatic carbocycles. The van der Waals surface area contributed by atoms with E-state index >= 15 is 0 Å². The first-order chi connectivity index (χ1) is 53.2. The second kappa shape index (κ2) is 83.4. The molecule has 0 aliphatic heterocycles. The van der Waals surface area contributed by atoms with Crippen molar-refractivity contribution in [1.82, 2.24) is 0 Å². The lowest BCUT2D eigenvalue weighted by Crippen LogP contribution is -2.30. The van der Waals surface area contributed by atoms with Gasteiger partial charge in [-0.15, -0.1) is 0 Å². The molecule has 630 valence electrons. The number of unbranched alkanes of at least 4 members (excludes halogenated alkanes) is 40. The van der Waals surface area contributed by atoms with Crippen molar-refractivity contribution in [2.45, 2.75) is 399 Å². The van der Waals surface area contributed by atoms with Crippen LogP contribution in [0.5, 0.6) is 0 Å². The third kappa shape index (κ3) is 84.7. The van der Waals surface area contributed by atoms with E-state index in [0.717, 1.165) is 135 Å². The van der Waals surface area contributed by atoms with E-state index in [0.29, 0.717) is 19.3 Å². The lowest BCUT2D eigenvalue weighted by Gasteiger charge is -2.21. The van der Waals surface area contributed by atoms with Gasteiger partial charge in [0.05, 0.1) is 26.4 Å². The molecule has 0 rings (SSSR count). The fraction of sp³-hybridized carbons (Fsp3) is 0.747. The van der Waals surface area contributed by atoms with Crippen LogP contribution in [0, 0.1) is 0 Å². The van der Waals surface area contributed by atoms with Crippen molar-refractivity contribution in [2.75, 3.05) is 39.6 Å². The first-order valence-electron chi connectivity index (χ1n) is 43.8. The van der Waals surface area contributed by atoms with Gasteiger partial charge in [0.25, 0.3) is 0 Å². The minimum atomic E-state index is -4.93. The molecule has 5 atom stereocenters. The second-order valence-electron chi connectivity index (χ2n) is 29.3. The largest absolute Gasteiger partial charge is 0.472 e. The number of aliphatic hydroxyl groups excluding tert-OH is 2. The molecule has 109 heavy (non-hydrogen) atoms. The monoisotopic (exact) mass is 1570 g/mol. The summed E-state index contributed by atoms with van der Waals surface area (Å²) in [5.74, 6) is -1.56. The second-order valence-corrected chi connectivity index (χ2v) is 32.2. The Morgan fingerprint density at radius 3 is 0.789 bits per heavy atom. The molecule has 0 heterocycles. The number of rotatable bonds is 83. The topological polar surface area (TPSA) is 231 Å². The van der Waals surface area contributed by atoms with Crippen LogP contribution < -0.4 is 0 Å². The average molecular weight is 1570 g/mol. The lowest BCUT2D eigenvalue weighted by atomic mass is 10.0. The molecule has 0 saturated heterocycles. The molecule has 18 heteroatoms. The smallest absolute Gasteiger partial charge is 0.463 e. The maximum atomic E-state index is 12.9. The summed E-state index contributed by atoms with van der Waals surface area (Å²) in [5.41, 5.74) is 0. The van der Waals surface area contributed by atoms with Gasteiger partial charge >= 0.3 is 33.6 Å². The van der Waals surface area contributed by atoms with Gasteiger partial charge in [0, 0.05) is 19.3 Å². The van der Waals surface area contributed by atoms with Crippen molar-refractivity contribution in [3.8, 4) is 0 Å². The molecule has 0 aromatic carbocycles. The van der Waals surface area contributed by atoms with Crippen LogP contribution in [0.3, 0.4) is 0 Å². The summed E-state index contributed by atoms with van der Waals surface area (Å²) in [7, 11) is -9.78. The van der Waals surface area contributed by atoms with Gasteiger partial charge < -0.3 is 34.2 Å². The third-order valence-corrected chi connectivity index (χ3v) is 20.6. The molecule has 4 N–H and O–H groups in total. The molecular weight excluding hydrogens is 1410 g/mol. The highest BCUT2D eigenvalue weighted by Gasteiger charge is 2.29. The van der Waals surface area contributed by atoms with Gasteiger partial charge in [-0.2, -0.15) is 0 Å². The normalized spacial score (nSPS) is 14.4. The summed E-state index contributed by atoms with van der Waals surface area (Å²) in [4.78, 5) is 58.7. The van der Waals surface area contributed by atoms with Crippen LogP contribution in [0.25, 0.3) is 0 Å². The van der Waals surface area contributed by atoms with E-state index in [4.69, 9.17) is 32.3 Å². The number of carbonyl (C=O) groups is 3. The number of hydrogen-bond acceptors (Lipinski definition) is 14. The van der Waals surface area contributed by atoms with Crippen LogP contribution in [-0.2, 0) is 55.8 Å². The highest BCUT2D eigenvalue weighted by atomic mass is 31.2. The molecule has 0 aliphatic rings. The van der Waals surface area contributed by atoms with E-state index in [9.17, 15) is 43.5 Å². The zero-order valence-corrected chi connectivity index (χ0v) is 71.0. The number of carbonyl (C=O) groups excluding carboxylic acids is 3. The minimum absolute atomic E-state index is 0.106. The maximum absolute atomic E-state index is 12.9. The summed E-state index contributed by atoms with van der Waals surface area (Å²) < 4.78 is 61.2. The Kier molecular flexibility index (Phi) is 80.3. The number of ether oxygens (including phenoxy) is 3. The van der Waals surface area contributed by atoms with E-state index in [-0.39, 0.29) is 19.3 Å². The van der Waals surface area contributed by atoms with Crippen LogP contribution in [0.1, 0.15) is 380 Å². The zero-order valence-electron chi connectivity index (χ0n) is 69.2. The summed E-state index contributed by atoms with van der Waals surface area (Å²) in [6, 6.07) is 0.